The van der Waals surface area contributed by atoms with Gasteiger partial charge < -0.3 is 15.2 Å². The predicted molar refractivity (Wildman–Crippen MR) is 74.4 cm³/mol. The maximum absolute atomic E-state index is 12.0. The number of methoxy groups -OCH3 is 1. The topological polar surface area (TPSA) is 113 Å². The van der Waals surface area contributed by atoms with Crippen molar-refractivity contribution in [3.05, 3.63) is 29.8 Å². The smallest absolute Gasteiger partial charge is 0.251 e. The van der Waals surface area contributed by atoms with E-state index in [2.05, 4.69) is 25.9 Å². The molecule has 8 nitrogen and oxygen atoms in total. The molecule has 0 fully saturated rings. The molecule has 0 aliphatic rings. The van der Waals surface area contributed by atoms with Gasteiger partial charge in [-0.05, 0) is 23.8 Å². The van der Waals surface area contributed by atoms with Crippen LogP contribution in [0.15, 0.2) is 24.3 Å². The molecule has 0 aliphatic heterocycles. The summed E-state index contributed by atoms with van der Waals surface area (Å²) in [6.45, 7) is 0.624. The summed E-state index contributed by atoms with van der Waals surface area (Å²) in [7, 11) is 1.52. The Balaban J connectivity index is 1.92. The van der Waals surface area contributed by atoms with Crippen molar-refractivity contribution in [2.75, 3.05) is 20.3 Å². The first kappa shape index (κ1) is 15.1. The summed E-state index contributed by atoms with van der Waals surface area (Å²) in [6, 6.07) is 6.93. The second-order valence-corrected chi connectivity index (χ2v) is 4.47. The Morgan fingerprint density at radius 1 is 1.52 bits per heavy atom. The van der Waals surface area contributed by atoms with E-state index in [-0.39, 0.29) is 12.5 Å². The highest BCUT2D eigenvalue weighted by Gasteiger charge is 2.10. The number of ether oxygens (including phenoxy) is 1. The van der Waals surface area contributed by atoms with Gasteiger partial charge >= 0.3 is 0 Å². The predicted octanol–water partition coefficient (Wildman–Crippen LogP) is -0.00610. The zero-order chi connectivity index (χ0) is 15.1. The second kappa shape index (κ2) is 7.46. The fourth-order valence-corrected chi connectivity index (χ4v) is 1.81. The number of carbonyl (C=O) groups excluding carboxylic acids is 1. The van der Waals surface area contributed by atoms with Gasteiger partial charge in [-0.15, -0.1) is 10.2 Å². The molecular weight excluding hydrogens is 274 g/mol. The number of nitrogens with one attached hydrogen (secondary N) is 2. The molecule has 21 heavy (non-hydrogen) atoms. The summed E-state index contributed by atoms with van der Waals surface area (Å²) in [5.74, 6) is 0.213. The minimum atomic E-state index is -0.582. The molecule has 3 N–H and O–H groups in total. The van der Waals surface area contributed by atoms with Crippen molar-refractivity contribution < 1.29 is 14.6 Å². The molecule has 2 rings (SSSR count). The lowest BCUT2D eigenvalue weighted by Gasteiger charge is -2.10. The fraction of sp³-hybridized carbons (Fsp3) is 0.385. The molecule has 1 unspecified atom stereocenters. The van der Waals surface area contributed by atoms with Crippen molar-refractivity contribution in [1.29, 1.82) is 0 Å². The van der Waals surface area contributed by atoms with Crippen molar-refractivity contribution in [2.45, 2.75) is 12.5 Å². The number of hydrogen-bond donors (Lipinski definition) is 3. The Kier molecular flexibility index (Phi) is 5.35. The van der Waals surface area contributed by atoms with Crippen LogP contribution in [0.5, 0.6) is 0 Å². The van der Waals surface area contributed by atoms with Crippen LogP contribution < -0.4 is 5.32 Å². The van der Waals surface area contributed by atoms with Crippen LogP contribution >= 0.6 is 0 Å². The van der Waals surface area contributed by atoms with Crippen LogP contribution in [0.25, 0.3) is 11.4 Å². The number of carbonyl (C=O) groups is 1. The number of H-pyrrole nitrogens is 1. The molecule has 1 aromatic heterocycles. The summed E-state index contributed by atoms with van der Waals surface area (Å²) in [5, 5.41) is 25.8. The largest absolute Gasteiger partial charge is 0.391 e. The molecule has 1 heterocycles. The lowest BCUT2D eigenvalue weighted by Crippen LogP contribution is -2.28. The summed E-state index contributed by atoms with van der Waals surface area (Å²) < 4.78 is 4.82. The number of benzene rings is 1. The Bertz CT molecular complexity index is 573. The molecular formula is C13H17N5O3. The third-order valence-corrected chi connectivity index (χ3v) is 2.85. The number of aromatic nitrogens is 4. The van der Waals surface area contributed by atoms with Crippen LogP contribution in [0.2, 0.25) is 0 Å². The number of hydrogen-bond acceptors (Lipinski definition) is 6. The number of aromatic amines is 1. The average molecular weight is 291 g/mol. The maximum atomic E-state index is 12.0. The first-order chi connectivity index (χ1) is 10.2. The highest BCUT2D eigenvalue weighted by molar-refractivity contribution is 5.95. The Morgan fingerprint density at radius 2 is 2.38 bits per heavy atom. The molecule has 2 aromatic rings. The normalized spacial score (nSPS) is 12.1. The van der Waals surface area contributed by atoms with Gasteiger partial charge in [0, 0.05) is 24.8 Å². The van der Waals surface area contributed by atoms with Gasteiger partial charge in [0.25, 0.3) is 5.91 Å². The molecule has 8 heteroatoms. The van der Waals surface area contributed by atoms with Gasteiger partial charge in [-0.3, -0.25) is 4.79 Å². The molecule has 112 valence electrons. The van der Waals surface area contributed by atoms with Gasteiger partial charge in [0.1, 0.15) is 0 Å². The van der Waals surface area contributed by atoms with Gasteiger partial charge in [0.15, 0.2) is 0 Å². The van der Waals surface area contributed by atoms with Crippen LogP contribution in [0.3, 0.4) is 0 Å². The number of aliphatic hydroxyl groups is 1. The lowest BCUT2D eigenvalue weighted by molar-refractivity contribution is 0.0587. The number of amides is 1. The number of aliphatic hydroxyl groups excluding tert-OH is 1. The Hall–Kier alpha value is -2.32. The first-order valence-electron chi connectivity index (χ1n) is 6.50. The van der Waals surface area contributed by atoms with Crippen LogP contribution in [0.4, 0.5) is 0 Å². The average Bonchev–Trinajstić information content (AvgIpc) is 3.02. The van der Waals surface area contributed by atoms with Gasteiger partial charge in [0.2, 0.25) is 5.82 Å². The summed E-state index contributed by atoms with van der Waals surface area (Å²) in [4.78, 5) is 12.0. The molecule has 1 atom stereocenters. The van der Waals surface area contributed by atoms with Crippen molar-refractivity contribution in [3.63, 3.8) is 0 Å². The van der Waals surface area contributed by atoms with Crippen LogP contribution in [-0.2, 0) is 4.74 Å². The first-order valence-corrected chi connectivity index (χ1v) is 6.50. The monoisotopic (exact) mass is 291 g/mol. The highest BCUT2D eigenvalue weighted by atomic mass is 16.5. The van der Waals surface area contributed by atoms with Crippen molar-refractivity contribution in [3.8, 4) is 11.4 Å². The van der Waals surface area contributed by atoms with Crippen molar-refractivity contribution in [2.24, 2.45) is 0 Å². The van der Waals surface area contributed by atoms with E-state index in [0.29, 0.717) is 29.9 Å². The molecule has 0 aliphatic carbocycles. The zero-order valence-electron chi connectivity index (χ0n) is 11.6. The van der Waals surface area contributed by atoms with Crippen molar-refractivity contribution in [1.82, 2.24) is 25.9 Å². The zero-order valence-corrected chi connectivity index (χ0v) is 11.6. The Labute approximate surface area is 121 Å². The van der Waals surface area contributed by atoms with E-state index in [1.807, 2.05) is 0 Å². The maximum Gasteiger partial charge on any atom is 0.251 e. The highest BCUT2D eigenvalue weighted by Crippen LogP contribution is 2.14. The van der Waals surface area contributed by atoms with E-state index in [9.17, 15) is 9.90 Å². The summed E-state index contributed by atoms with van der Waals surface area (Å²) in [6.07, 6.45) is -0.148. The van der Waals surface area contributed by atoms with E-state index in [0.717, 1.165) is 0 Å². The van der Waals surface area contributed by atoms with E-state index < -0.39 is 6.10 Å². The fourth-order valence-electron chi connectivity index (χ4n) is 1.81. The van der Waals surface area contributed by atoms with Gasteiger partial charge in [0.05, 0.1) is 12.7 Å². The SMILES string of the molecule is COCC(O)CCNC(=O)c1cccc(-c2nn[nH]n2)c1. The van der Waals surface area contributed by atoms with Gasteiger partial charge in [-0.1, -0.05) is 12.1 Å². The molecule has 0 bridgehead atoms. The summed E-state index contributed by atoms with van der Waals surface area (Å²) in [5.41, 5.74) is 1.20. The number of rotatable bonds is 7. The standard InChI is InChI=1S/C13H17N5O3/c1-21-8-11(19)5-6-14-13(20)10-4-2-3-9(7-10)12-15-17-18-16-12/h2-4,7,11,19H,5-6,8H2,1H3,(H,14,20)(H,15,16,17,18). The molecule has 1 aromatic carbocycles. The minimum absolute atomic E-state index is 0.218. The number of tetrazole rings is 1. The Morgan fingerprint density at radius 3 is 3.10 bits per heavy atom. The molecule has 0 radical (unpaired) electrons. The van der Waals surface area contributed by atoms with E-state index >= 15 is 0 Å². The second-order valence-electron chi connectivity index (χ2n) is 4.47. The third-order valence-electron chi connectivity index (χ3n) is 2.85. The lowest BCUT2D eigenvalue weighted by atomic mass is 10.1. The molecule has 0 saturated heterocycles. The van der Waals surface area contributed by atoms with Gasteiger partial charge in [-0.25, -0.2) is 0 Å². The van der Waals surface area contributed by atoms with Crippen LogP contribution in [0, 0.1) is 0 Å². The van der Waals surface area contributed by atoms with E-state index in [4.69, 9.17) is 4.74 Å². The van der Waals surface area contributed by atoms with Gasteiger partial charge in [-0.2, -0.15) is 5.21 Å². The minimum Gasteiger partial charge on any atom is -0.391 e. The molecule has 0 saturated carbocycles. The summed E-state index contributed by atoms with van der Waals surface area (Å²) >= 11 is 0. The number of nitrogens with zero attached hydrogens (tertiary/aromatic N) is 3. The van der Waals surface area contributed by atoms with E-state index in [1.54, 1.807) is 24.3 Å². The van der Waals surface area contributed by atoms with E-state index in [1.165, 1.54) is 7.11 Å². The van der Waals surface area contributed by atoms with Crippen molar-refractivity contribution >= 4 is 5.91 Å². The quantitative estimate of drug-likeness (QED) is 0.661. The van der Waals surface area contributed by atoms with Crippen LogP contribution in [-0.4, -0.2) is 58.0 Å². The molecule has 0 spiro atoms. The third kappa shape index (κ3) is 4.33. The molecule has 1 amide bonds. The van der Waals surface area contributed by atoms with Crippen LogP contribution in [0.1, 0.15) is 16.8 Å².